The predicted molar refractivity (Wildman–Crippen MR) is 75.7 cm³/mol. The first kappa shape index (κ1) is 14.9. The molecule has 108 valence electrons. The molecule has 1 aromatic rings. The van der Waals surface area contributed by atoms with Gasteiger partial charge in [0.15, 0.2) is 0 Å². The zero-order valence-electron chi connectivity index (χ0n) is 10.5. The number of hydrogen-bond donors (Lipinski definition) is 1. The van der Waals surface area contributed by atoms with Crippen molar-refractivity contribution in [2.24, 2.45) is 5.92 Å². The van der Waals surface area contributed by atoms with Gasteiger partial charge in [-0.05, 0) is 18.4 Å². The first-order chi connectivity index (χ1) is 9.32. The number of carboxylic acids is 1. The van der Waals surface area contributed by atoms with Crippen molar-refractivity contribution in [3.8, 4) is 0 Å². The monoisotopic (exact) mass is 318 g/mol. The maximum Gasteiger partial charge on any atom is 0.326 e. The molecule has 0 bridgehead atoms. The third-order valence-electron chi connectivity index (χ3n) is 3.48. The largest absolute Gasteiger partial charge is 0.480 e. The van der Waals surface area contributed by atoms with Crippen molar-refractivity contribution in [1.29, 1.82) is 0 Å². The minimum absolute atomic E-state index is 0.0706. The molecule has 0 spiro atoms. The number of benzene rings is 1. The summed E-state index contributed by atoms with van der Waals surface area (Å²) < 4.78 is 0. The van der Waals surface area contributed by atoms with Crippen LogP contribution in [0.5, 0.6) is 0 Å². The van der Waals surface area contributed by atoms with Gasteiger partial charge >= 0.3 is 5.97 Å². The van der Waals surface area contributed by atoms with E-state index in [-0.39, 0.29) is 27.3 Å². The molecule has 0 aromatic heterocycles. The Balaban J connectivity index is 2.54. The Morgan fingerprint density at radius 3 is 2.60 bits per heavy atom. The van der Waals surface area contributed by atoms with E-state index in [0.717, 1.165) is 6.07 Å². The number of anilines is 1. The second-order valence-electron chi connectivity index (χ2n) is 4.75. The number of nitro groups is 1. The second-order valence-corrected chi connectivity index (χ2v) is 5.57. The summed E-state index contributed by atoms with van der Waals surface area (Å²) in [7, 11) is 0. The maximum absolute atomic E-state index is 11.4. The maximum atomic E-state index is 11.4. The molecule has 1 aromatic carbocycles. The highest BCUT2D eigenvalue weighted by Gasteiger charge is 2.39. The lowest BCUT2D eigenvalue weighted by Crippen LogP contribution is -2.39. The van der Waals surface area contributed by atoms with Crippen molar-refractivity contribution in [3.63, 3.8) is 0 Å². The van der Waals surface area contributed by atoms with Gasteiger partial charge in [0.05, 0.1) is 15.0 Å². The minimum Gasteiger partial charge on any atom is -0.480 e. The molecule has 0 saturated carbocycles. The Morgan fingerprint density at radius 1 is 1.45 bits per heavy atom. The summed E-state index contributed by atoms with van der Waals surface area (Å²) in [5, 5.41) is 20.7. The summed E-state index contributed by atoms with van der Waals surface area (Å²) in [4.78, 5) is 23.4. The van der Waals surface area contributed by atoms with Crippen LogP contribution < -0.4 is 4.90 Å². The van der Waals surface area contributed by atoms with E-state index >= 15 is 0 Å². The molecular weight excluding hydrogens is 307 g/mol. The zero-order chi connectivity index (χ0) is 15.0. The summed E-state index contributed by atoms with van der Waals surface area (Å²) in [6, 6.07) is 1.71. The Hall–Kier alpha value is -1.53. The number of nitrogens with zero attached hydrogens (tertiary/aromatic N) is 2. The molecule has 2 unspecified atom stereocenters. The number of carboxylic acid groups (broad SMARTS) is 1. The fourth-order valence-corrected chi connectivity index (χ4v) is 2.81. The molecule has 8 heteroatoms. The summed E-state index contributed by atoms with van der Waals surface area (Å²) >= 11 is 11.7. The number of rotatable bonds is 3. The van der Waals surface area contributed by atoms with Crippen LogP contribution in [0.2, 0.25) is 10.0 Å². The van der Waals surface area contributed by atoms with Crippen LogP contribution in [0.1, 0.15) is 13.3 Å². The van der Waals surface area contributed by atoms with Gasteiger partial charge in [0.2, 0.25) is 0 Å². The van der Waals surface area contributed by atoms with Gasteiger partial charge in [0, 0.05) is 12.6 Å². The Bertz CT molecular complexity index is 579. The molecule has 20 heavy (non-hydrogen) atoms. The van der Waals surface area contributed by atoms with Crippen LogP contribution in [0.25, 0.3) is 0 Å². The molecular formula is C12H12Cl2N2O4. The quantitative estimate of drug-likeness (QED) is 0.683. The molecule has 1 fully saturated rings. The highest BCUT2D eigenvalue weighted by molar-refractivity contribution is 6.42. The number of carbonyl (C=O) groups is 1. The van der Waals surface area contributed by atoms with Crippen molar-refractivity contribution >= 4 is 40.5 Å². The second kappa shape index (κ2) is 5.46. The fraction of sp³-hybridized carbons (Fsp3) is 0.417. The van der Waals surface area contributed by atoms with E-state index in [0.29, 0.717) is 13.0 Å². The average molecular weight is 319 g/mol. The normalized spacial score (nSPS) is 22.1. The van der Waals surface area contributed by atoms with Crippen LogP contribution in [0, 0.1) is 16.0 Å². The van der Waals surface area contributed by atoms with Gasteiger partial charge in [0.1, 0.15) is 11.7 Å². The zero-order valence-corrected chi connectivity index (χ0v) is 12.1. The van der Waals surface area contributed by atoms with E-state index in [1.54, 1.807) is 0 Å². The van der Waals surface area contributed by atoms with E-state index in [4.69, 9.17) is 23.2 Å². The lowest BCUT2D eigenvalue weighted by molar-refractivity contribution is -0.384. The van der Waals surface area contributed by atoms with Gasteiger partial charge < -0.3 is 10.0 Å². The lowest BCUT2D eigenvalue weighted by atomic mass is 10.0. The van der Waals surface area contributed by atoms with E-state index in [1.807, 2.05) is 6.92 Å². The van der Waals surface area contributed by atoms with E-state index in [2.05, 4.69) is 0 Å². The number of hydrogen-bond acceptors (Lipinski definition) is 4. The number of halogens is 2. The van der Waals surface area contributed by atoms with Gasteiger partial charge in [-0.1, -0.05) is 30.1 Å². The van der Waals surface area contributed by atoms with Crippen molar-refractivity contribution in [2.75, 3.05) is 11.4 Å². The molecule has 0 aliphatic carbocycles. The molecule has 1 aliphatic rings. The molecule has 0 amide bonds. The molecule has 1 N–H and O–H groups in total. The average Bonchev–Trinajstić information content (AvgIpc) is 2.73. The number of nitro benzene ring substituents is 1. The van der Waals surface area contributed by atoms with Crippen molar-refractivity contribution < 1.29 is 14.8 Å². The highest BCUT2D eigenvalue weighted by atomic mass is 35.5. The fourth-order valence-electron chi connectivity index (χ4n) is 2.50. The van der Waals surface area contributed by atoms with Crippen LogP contribution >= 0.6 is 23.2 Å². The Kier molecular flexibility index (Phi) is 4.06. The molecule has 2 atom stereocenters. The van der Waals surface area contributed by atoms with Gasteiger partial charge in [-0.25, -0.2) is 4.79 Å². The lowest BCUT2D eigenvalue weighted by Gasteiger charge is -2.25. The van der Waals surface area contributed by atoms with Gasteiger partial charge in [-0.3, -0.25) is 10.1 Å². The SMILES string of the molecule is CC1CCN(c2cc(Cl)c(Cl)cc2[N+](=O)[O-])C1C(=O)O. The van der Waals surface area contributed by atoms with Crippen molar-refractivity contribution in [3.05, 3.63) is 32.3 Å². The Labute approximate surface area is 125 Å². The molecule has 0 radical (unpaired) electrons. The van der Waals surface area contributed by atoms with Crippen LogP contribution in [0.15, 0.2) is 12.1 Å². The van der Waals surface area contributed by atoms with Crippen LogP contribution in [-0.2, 0) is 4.79 Å². The predicted octanol–water partition coefficient (Wildman–Crippen LogP) is 3.20. The third-order valence-corrected chi connectivity index (χ3v) is 4.20. The summed E-state index contributed by atoms with van der Waals surface area (Å²) in [5.41, 5.74) is -0.0408. The van der Waals surface area contributed by atoms with E-state index in [1.165, 1.54) is 11.0 Å². The van der Waals surface area contributed by atoms with Gasteiger partial charge in [0.25, 0.3) is 5.69 Å². The molecule has 1 aliphatic heterocycles. The molecule has 1 heterocycles. The Morgan fingerprint density at radius 2 is 2.05 bits per heavy atom. The standard InChI is InChI=1S/C12H12Cl2N2O4/c1-6-2-3-15(11(6)12(17)18)9-4-7(13)8(14)5-10(9)16(19)20/h4-6,11H,2-3H2,1H3,(H,17,18). The topological polar surface area (TPSA) is 83.7 Å². The van der Waals surface area contributed by atoms with E-state index in [9.17, 15) is 20.0 Å². The van der Waals surface area contributed by atoms with Crippen LogP contribution in [0.4, 0.5) is 11.4 Å². The first-order valence-electron chi connectivity index (χ1n) is 5.95. The smallest absolute Gasteiger partial charge is 0.326 e. The van der Waals surface area contributed by atoms with Crippen LogP contribution in [0.3, 0.4) is 0 Å². The molecule has 6 nitrogen and oxygen atoms in total. The van der Waals surface area contributed by atoms with Crippen LogP contribution in [-0.4, -0.2) is 28.6 Å². The van der Waals surface area contributed by atoms with E-state index < -0.39 is 16.9 Å². The summed E-state index contributed by atoms with van der Waals surface area (Å²) in [5.74, 6) is -1.10. The van der Waals surface area contributed by atoms with Crippen molar-refractivity contribution in [1.82, 2.24) is 0 Å². The molecule has 2 rings (SSSR count). The minimum atomic E-state index is -1.00. The van der Waals surface area contributed by atoms with Gasteiger partial charge in [-0.15, -0.1) is 0 Å². The van der Waals surface area contributed by atoms with Crippen molar-refractivity contribution in [2.45, 2.75) is 19.4 Å². The summed E-state index contributed by atoms with van der Waals surface area (Å²) in [6.45, 7) is 2.24. The molecule has 1 saturated heterocycles. The highest BCUT2D eigenvalue weighted by Crippen LogP contribution is 2.40. The third kappa shape index (κ3) is 2.53. The van der Waals surface area contributed by atoms with Gasteiger partial charge in [-0.2, -0.15) is 0 Å². The summed E-state index contributed by atoms with van der Waals surface area (Å²) in [6.07, 6.45) is 0.647. The number of aliphatic carboxylic acids is 1. The first-order valence-corrected chi connectivity index (χ1v) is 6.71.